The van der Waals surface area contributed by atoms with Crippen molar-refractivity contribution in [2.24, 2.45) is 0 Å². The highest BCUT2D eigenvalue weighted by Crippen LogP contribution is 2.18. The van der Waals surface area contributed by atoms with Gasteiger partial charge in [-0.3, -0.25) is 0 Å². The number of pyridine rings is 2. The molecule has 2 N–H and O–H groups in total. The largest absolute Gasteiger partial charge is 0.421 e. The van der Waals surface area contributed by atoms with Crippen LogP contribution < -0.4 is 10.5 Å². The Bertz CT molecular complexity index is 398. The Morgan fingerprint density at radius 2 is 1.67 bits per heavy atom. The Kier molecular flexibility index (Phi) is 2.69. The molecule has 0 aliphatic heterocycles. The quantitative estimate of drug-likeness (QED) is 0.847. The number of anilines is 1. The predicted octanol–water partition coefficient (Wildman–Crippen LogP) is 2.50. The number of nitrogen functional groups attached to an aromatic ring is 1. The highest BCUT2D eigenvalue weighted by molar-refractivity contribution is 6.30. The summed E-state index contributed by atoms with van der Waals surface area (Å²) >= 11 is 5.69. The maximum absolute atomic E-state index is 5.69. The monoisotopic (exact) mass is 221 g/mol. The van der Waals surface area contributed by atoms with Gasteiger partial charge < -0.3 is 10.5 Å². The molecule has 0 amide bonds. The molecule has 15 heavy (non-hydrogen) atoms. The van der Waals surface area contributed by atoms with E-state index in [2.05, 4.69) is 9.97 Å². The fraction of sp³-hybridized carbons (Fsp3) is 0. The van der Waals surface area contributed by atoms with Crippen molar-refractivity contribution in [1.82, 2.24) is 9.97 Å². The first-order valence-electron chi connectivity index (χ1n) is 4.25. The summed E-state index contributed by atoms with van der Waals surface area (Å²) in [5.74, 6) is 0.885. The Morgan fingerprint density at radius 3 is 2.20 bits per heavy atom. The molecule has 0 aromatic carbocycles. The van der Waals surface area contributed by atoms with Gasteiger partial charge in [0.15, 0.2) is 0 Å². The van der Waals surface area contributed by atoms with Crippen LogP contribution in [0.1, 0.15) is 0 Å². The van der Waals surface area contributed by atoms with E-state index in [4.69, 9.17) is 22.1 Å². The molecule has 0 spiro atoms. The van der Waals surface area contributed by atoms with E-state index in [1.165, 1.54) is 12.4 Å². The molecule has 0 fully saturated rings. The van der Waals surface area contributed by atoms with Gasteiger partial charge in [0.1, 0.15) is 0 Å². The van der Waals surface area contributed by atoms with Gasteiger partial charge in [0, 0.05) is 18.3 Å². The minimum atomic E-state index is 0.441. The van der Waals surface area contributed by atoms with Gasteiger partial charge in [0.2, 0.25) is 11.8 Å². The molecule has 0 radical (unpaired) electrons. The molecular formula is C10H8ClN3O. The summed E-state index contributed by atoms with van der Waals surface area (Å²) in [7, 11) is 0. The van der Waals surface area contributed by atoms with Crippen molar-refractivity contribution >= 4 is 17.3 Å². The number of nitrogens with zero attached hydrogens (tertiary/aromatic N) is 2. The third-order valence-electron chi connectivity index (χ3n) is 1.67. The smallest absolute Gasteiger partial charge is 0.221 e. The lowest BCUT2D eigenvalue weighted by molar-refractivity contribution is 0.445. The topological polar surface area (TPSA) is 61.0 Å². The molecule has 0 aliphatic carbocycles. The van der Waals surface area contributed by atoms with E-state index in [1.807, 2.05) is 0 Å². The SMILES string of the molecule is Nc1ccc(Oc2ccc(Cl)cn2)nc1. The predicted molar refractivity (Wildman–Crippen MR) is 58.0 cm³/mol. The van der Waals surface area contributed by atoms with Crippen LogP contribution in [-0.2, 0) is 0 Å². The molecule has 2 rings (SSSR count). The van der Waals surface area contributed by atoms with Crippen LogP contribution in [-0.4, -0.2) is 9.97 Å². The van der Waals surface area contributed by atoms with E-state index in [1.54, 1.807) is 24.3 Å². The summed E-state index contributed by atoms with van der Waals surface area (Å²) in [6.45, 7) is 0. The number of hydrogen-bond donors (Lipinski definition) is 1. The lowest BCUT2D eigenvalue weighted by atomic mass is 10.4. The average molecular weight is 222 g/mol. The van der Waals surface area contributed by atoms with Gasteiger partial charge in [-0.25, -0.2) is 9.97 Å². The minimum absolute atomic E-state index is 0.441. The van der Waals surface area contributed by atoms with Crippen molar-refractivity contribution in [3.05, 3.63) is 41.7 Å². The molecule has 2 aromatic rings. The number of aromatic nitrogens is 2. The highest BCUT2D eigenvalue weighted by Gasteiger charge is 1.99. The second kappa shape index (κ2) is 4.14. The van der Waals surface area contributed by atoms with Gasteiger partial charge in [-0.05, 0) is 12.1 Å². The molecule has 0 aliphatic rings. The standard InChI is InChI=1S/C10H8ClN3O/c11-7-1-3-9(13-5-7)15-10-4-2-8(12)6-14-10/h1-6H,12H2. The summed E-state index contributed by atoms with van der Waals surface area (Å²) < 4.78 is 5.35. The number of hydrogen-bond acceptors (Lipinski definition) is 4. The van der Waals surface area contributed by atoms with Crippen LogP contribution in [0.15, 0.2) is 36.7 Å². The van der Waals surface area contributed by atoms with Crippen molar-refractivity contribution in [3.63, 3.8) is 0 Å². The molecule has 0 saturated carbocycles. The molecule has 0 unspecified atom stereocenters. The fourth-order valence-electron chi connectivity index (χ4n) is 0.982. The van der Waals surface area contributed by atoms with Gasteiger partial charge in [-0.15, -0.1) is 0 Å². The third kappa shape index (κ3) is 2.57. The van der Waals surface area contributed by atoms with Crippen LogP contribution in [0.3, 0.4) is 0 Å². The lowest BCUT2D eigenvalue weighted by Gasteiger charge is -2.02. The molecule has 0 saturated heterocycles. The number of rotatable bonds is 2. The van der Waals surface area contributed by atoms with E-state index in [9.17, 15) is 0 Å². The van der Waals surface area contributed by atoms with Crippen LogP contribution >= 0.6 is 11.6 Å². The van der Waals surface area contributed by atoms with Crippen LogP contribution in [0.5, 0.6) is 11.8 Å². The zero-order chi connectivity index (χ0) is 10.7. The van der Waals surface area contributed by atoms with E-state index < -0.39 is 0 Å². The van der Waals surface area contributed by atoms with Gasteiger partial charge in [0.25, 0.3) is 0 Å². The summed E-state index contributed by atoms with van der Waals surface area (Å²) in [5, 5.41) is 0.563. The number of halogens is 1. The van der Waals surface area contributed by atoms with Gasteiger partial charge in [-0.2, -0.15) is 0 Å². The van der Waals surface area contributed by atoms with Gasteiger partial charge in [0.05, 0.1) is 16.9 Å². The second-order valence-corrected chi connectivity index (χ2v) is 3.28. The molecule has 5 heteroatoms. The van der Waals surface area contributed by atoms with Crippen molar-refractivity contribution in [2.45, 2.75) is 0 Å². The first kappa shape index (κ1) is 9.73. The first-order valence-corrected chi connectivity index (χ1v) is 4.63. The van der Waals surface area contributed by atoms with Crippen LogP contribution in [0, 0.1) is 0 Å². The highest BCUT2D eigenvalue weighted by atomic mass is 35.5. The summed E-state index contributed by atoms with van der Waals surface area (Å²) in [4.78, 5) is 7.95. The molecule has 0 atom stereocenters. The maximum atomic E-state index is 5.69. The Labute approximate surface area is 91.7 Å². The summed E-state index contributed by atoms with van der Waals surface area (Å²) in [5.41, 5.74) is 6.08. The van der Waals surface area contributed by atoms with Crippen LogP contribution in [0.2, 0.25) is 5.02 Å². The van der Waals surface area contributed by atoms with E-state index in [0.29, 0.717) is 22.5 Å². The van der Waals surface area contributed by atoms with Crippen LogP contribution in [0.4, 0.5) is 5.69 Å². The molecule has 4 nitrogen and oxygen atoms in total. The number of ether oxygens (including phenoxy) is 1. The fourth-order valence-corrected chi connectivity index (χ4v) is 1.09. The third-order valence-corrected chi connectivity index (χ3v) is 1.89. The molecule has 2 heterocycles. The Balaban J connectivity index is 2.15. The van der Waals surface area contributed by atoms with Crippen molar-refractivity contribution in [3.8, 4) is 11.8 Å². The first-order chi connectivity index (χ1) is 7.24. The normalized spacial score (nSPS) is 9.93. The molecule has 76 valence electrons. The zero-order valence-electron chi connectivity index (χ0n) is 7.72. The number of nitrogens with two attached hydrogens (primary N) is 1. The van der Waals surface area contributed by atoms with Gasteiger partial charge >= 0.3 is 0 Å². The van der Waals surface area contributed by atoms with Crippen molar-refractivity contribution < 1.29 is 4.74 Å². The minimum Gasteiger partial charge on any atom is -0.421 e. The van der Waals surface area contributed by atoms with E-state index in [0.717, 1.165) is 0 Å². The summed E-state index contributed by atoms with van der Waals surface area (Å²) in [6.07, 6.45) is 3.03. The van der Waals surface area contributed by atoms with E-state index >= 15 is 0 Å². The molecule has 2 aromatic heterocycles. The van der Waals surface area contributed by atoms with Crippen LogP contribution in [0.25, 0.3) is 0 Å². The van der Waals surface area contributed by atoms with Gasteiger partial charge in [-0.1, -0.05) is 11.6 Å². The average Bonchev–Trinajstić information content (AvgIpc) is 2.25. The molecule has 0 bridgehead atoms. The van der Waals surface area contributed by atoms with Crippen molar-refractivity contribution in [2.75, 3.05) is 5.73 Å². The second-order valence-electron chi connectivity index (χ2n) is 2.85. The Morgan fingerprint density at radius 1 is 1.00 bits per heavy atom. The maximum Gasteiger partial charge on any atom is 0.221 e. The molecular weight excluding hydrogens is 214 g/mol. The van der Waals surface area contributed by atoms with E-state index in [-0.39, 0.29) is 0 Å². The van der Waals surface area contributed by atoms with Crippen molar-refractivity contribution in [1.29, 1.82) is 0 Å². The zero-order valence-corrected chi connectivity index (χ0v) is 8.48. The Hall–Kier alpha value is -1.81. The summed E-state index contributed by atoms with van der Waals surface area (Å²) in [6, 6.07) is 6.74. The lowest BCUT2D eigenvalue weighted by Crippen LogP contribution is -1.91.